The van der Waals surface area contributed by atoms with E-state index in [4.69, 9.17) is 11.6 Å². The molecule has 4 rings (SSSR count). The molecule has 3 fully saturated rings. The molecule has 132 valence electrons. The molecule has 0 aromatic heterocycles. The summed E-state index contributed by atoms with van der Waals surface area (Å²) in [5.41, 5.74) is 1.48. The van der Waals surface area contributed by atoms with Crippen molar-refractivity contribution in [2.75, 3.05) is 5.32 Å². The molecule has 5 nitrogen and oxygen atoms in total. The van der Waals surface area contributed by atoms with Crippen LogP contribution in [0.25, 0.3) is 0 Å². The molecular weight excluding hydrogens is 340 g/mol. The number of rotatable bonds is 3. The van der Waals surface area contributed by atoms with Crippen molar-refractivity contribution in [2.24, 2.45) is 23.7 Å². The normalized spacial score (nSPS) is 31.4. The van der Waals surface area contributed by atoms with Gasteiger partial charge in [-0.2, -0.15) is 0 Å². The fourth-order valence-electron chi connectivity index (χ4n) is 4.85. The molecule has 0 radical (unpaired) electrons. The molecule has 1 heterocycles. The minimum atomic E-state index is -0.815. The SMILES string of the molecule is Cc1ccc(NC(=O)[C@@H](C)N2C(=O)[C@@H]3[C@@H]4CC[C@@H](C4)[C@@H]3C2=O)cc1Cl. The highest BCUT2D eigenvalue weighted by Gasteiger charge is 2.62. The molecule has 1 N–H and O–H groups in total. The monoisotopic (exact) mass is 360 g/mol. The van der Waals surface area contributed by atoms with Gasteiger partial charge in [0.2, 0.25) is 17.7 Å². The number of likely N-dealkylation sites (tertiary alicyclic amines) is 1. The molecule has 25 heavy (non-hydrogen) atoms. The molecule has 2 aliphatic carbocycles. The number of aryl methyl sites for hydroxylation is 1. The van der Waals surface area contributed by atoms with Crippen LogP contribution in [-0.4, -0.2) is 28.7 Å². The lowest BCUT2D eigenvalue weighted by atomic mass is 9.81. The maximum atomic E-state index is 12.8. The van der Waals surface area contributed by atoms with Gasteiger partial charge in [-0.1, -0.05) is 17.7 Å². The summed E-state index contributed by atoms with van der Waals surface area (Å²) in [6.07, 6.45) is 3.05. The van der Waals surface area contributed by atoms with E-state index in [1.54, 1.807) is 19.1 Å². The van der Waals surface area contributed by atoms with Crippen LogP contribution in [-0.2, 0) is 14.4 Å². The topological polar surface area (TPSA) is 66.5 Å². The van der Waals surface area contributed by atoms with E-state index in [0.29, 0.717) is 22.5 Å². The van der Waals surface area contributed by atoms with Crippen LogP contribution < -0.4 is 5.32 Å². The molecule has 0 unspecified atom stereocenters. The number of carbonyl (C=O) groups is 3. The summed E-state index contributed by atoms with van der Waals surface area (Å²) in [6.45, 7) is 3.50. The molecule has 1 aromatic carbocycles. The van der Waals surface area contributed by atoms with E-state index in [9.17, 15) is 14.4 Å². The second kappa shape index (κ2) is 5.84. The Morgan fingerprint density at radius 3 is 2.36 bits per heavy atom. The predicted octanol–water partition coefficient (Wildman–Crippen LogP) is 3.01. The Kier molecular flexibility index (Phi) is 3.87. The van der Waals surface area contributed by atoms with Gasteiger partial charge in [0, 0.05) is 10.7 Å². The highest BCUT2D eigenvalue weighted by molar-refractivity contribution is 6.31. The highest BCUT2D eigenvalue weighted by Crippen LogP contribution is 2.56. The van der Waals surface area contributed by atoms with Crippen LogP contribution >= 0.6 is 11.6 Å². The first-order chi connectivity index (χ1) is 11.9. The lowest BCUT2D eigenvalue weighted by molar-refractivity contribution is -0.146. The van der Waals surface area contributed by atoms with Gasteiger partial charge in [-0.25, -0.2) is 0 Å². The lowest BCUT2D eigenvalue weighted by Crippen LogP contribution is -2.46. The van der Waals surface area contributed by atoms with Crippen molar-refractivity contribution in [2.45, 2.75) is 39.2 Å². The summed E-state index contributed by atoms with van der Waals surface area (Å²) in [5.74, 6) is -0.441. The van der Waals surface area contributed by atoms with Crippen molar-refractivity contribution in [3.8, 4) is 0 Å². The average Bonchev–Trinajstić information content (AvgIpc) is 3.24. The Morgan fingerprint density at radius 1 is 1.20 bits per heavy atom. The third-order valence-electron chi connectivity index (χ3n) is 6.17. The standard InChI is InChI=1S/C19H21ClN2O3/c1-9-3-6-13(8-14(9)20)21-17(23)10(2)22-18(24)15-11-4-5-12(7-11)16(15)19(22)25/h3,6,8,10-12,15-16H,4-5,7H2,1-2H3,(H,21,23)/t10-,11-,12+,15-,16+/m1/s1. The number of halogens is 1. The molecule has 1 aromatic rings. The van der Waals surface area contributed by atoms with Crippen LogP contribution in [0.1, 0.15) is 31.7 Å². The first-order valence-corrected chi connectivity index (χ1v) is 9.20. The summed E-state index contributed by atoms with van der Waals surface area (Å²) in [7, 11) is 0. The Balaban J connectivity index is 1.51. The van der Waals surface area contributed by atoms with Crippen LogP contribution in [0.4, 0.5) is 5.69 Å². The van der Waals surface area contributed by atoms with E-state index in [-0.39, 0.29) is 29.6 Å². The van der Waals surface area contributed by atoms with Crippen molar-refractivity contribution in [1.29, 1.82) is 0 Å². The van der Waals surface area contributed by atoms with Gasteiger partial charge in [-0.05, 0) is 62.6 Å². The number of hydrogen-bond donors (Lipinski definition) is 1. The van der Waals surface area contributed by atoms with E-state index in [0.717, 1.165) is 24.8 Å². The Morgan fingerprint density at radius 2 is 1.80 bits per heavy atom. The van der Waals surface area contributed by atoms with Gasteiger partial charge < -0.3 is 5.32 Å². The zero-order valence-corrected chi connectivity index (χ0v) is 15.0. The maximum absolute atomic E-state index is 12.8. The Labute approximate surface area is 151 Å². The van der Waals surface area contributed by atoms with E-state index in [1.165, 1.54) is 4.90 Å². The summed E-state index contributed by atoms with van der Waals surface area (Å²) in [5, 5.41) is 3.32. The Bertz CT molecular complexity index is 750. The second-order valence-electron chi connectivity index (χ2n) is 7.56. The average molecular weight is 361 g/mol. The van der Waals surface area contributed by atoms with Crippen LogP contribution in [0.3, 0.4) is 0 Å². The minimum Gasteiger partial charge on any atom is -0.324 e. The van der Waals surface area contributed by atoms with Crippen LogP contribution in [0.5, 0.6) is 0 Å². The van der Waals surface area contributed by atoms with E-state index < -0.39 is 6.04 Å². The number of imide groups is 1. The first kappa shape index (κ1) is 16.6. The maximum Gasteiger partial charge on any atom is 0.247 e. The number of anilines is 1. The quantitative estimate of drug-likeness (QED) is 0.842. The van der Waals surface area contributed by atoms with E-state index in [1.807, 2.05) is 13.0 Å². The van der Waals surface area contributed by atoms with Gasteiger partial charge in [0.1, 0.15) is 6.04 Å². The summed E-state index contributed by atoms with van der Waals surface area (Å²) in [4.78, 5) is 39.4. The molecule has 1 saturated heterocycles. The predicted molar refractivity (Wildman–Crippen MR) is 93.9 cm³/mol. The number of benzene rings is 1. The van der Waals surface area contributed by atoms with Gasteiger partial charge in [-0.15, -0.1) is 0 Å². The van der Waals surface area contributed by atoms with Gasteiger partial charge >= 0.3 is 0 Å². The zero-order valence-electron chi connectivity index (χ0n) is 14.3. The number of nitrogens with one attached hydrogen (secondary N) is 1. The van der Waals surface area contributed by atoms with Gasteiger partial charge in [-0.3, -0.25) is 19.3 Å². The third-order valence-corrected chi connectivity index (χ3v) is 6.57. The molecule has 5 atom stereocenters. The van der Waals surface area contributed by atoms with Crippen molar-refractivity contribution < 1.29 is 14.4 Å². The number of hydrogen-bond acceptors (Lipinski definition) is 3. The van der Waals surface area contributed by atoms with Crippen LogP contribution in [0.2, 0.25) is 5.02 Å². The molecule has 3 amide bonds. The molecule has 1 aliphatic heterocycles. The van der Waals surface area contributed by atoms with Gasteiger partial charge in [0.05, 0.1) is 11.8 Å². The number of nitrogens with zero attached hydrogens (tertiary/aromatic N) is 1. The van der Waals surface area contributed by atoms with Crippen molar-refractivity contribution in [1.82, 2.24) is 4.90 Å². The number of fused-ring (bicyclic) bond motifs is 5. The Hall–Kier alpha value is -1.88. The molecular formula is C19H21ClN2O3. The summed E-state index contributed by atoms with van der Waals surface area (Å²) < 4.78 is 0. The molecule has 3 aliphatic rings. The molecule has 0 spiro atoms. The highest BCUT2D eigenvalue weighted by atomic mass is 35.5. The first-order valence-electron chi connectivity index (χ1n) is 8.82. The summed E-state index contributed by atoms with van der Waals surface area (Å²) >= 11 is 6.08. The minimum absolute atomic E-state index is 0.160. The largest absolute Gasteiger partial charge is 0.324 e. The lowest BCUT2D eigenvalue weighted by Gasteiger charge is -2.23. The van der Waals surface area contributed by atoms with Crippen molar-refractivity contribution in [3.05, 3.63) is 28.8 Å². The number of amides is 3. The molecule has 2 bridgehead atoms. The zero-order chi connectivity index (χ0) is 17.9. The van der Waals surface area contributed by atoms with Crippen molar-refractivity contribution in [3.63, 3.8) is 0 Å². The fourth-order valence-corrected chi connectivity index (χ4v) is 5.03. The second-order valence-corrected chi connectivity index (χ2v) is 7.97. The fraction of sp³-hybridized carbons (Fsp3) is 0.526. The van der Waals surface area contributed by atoms with Crippen LogP contribution in [0.15, 0.2) is 18.2 Å². The summed E-state index contributed by atoms with van der Waals surface area (Å²) in [6, 6.07) is 4.43. The molecule has 2 saturated carbocycles. The van der Waals surface area contributed by atoms with Gasteiger partial charge in [0.25, 0.3) is 0 Å². The van der Waals surface area contributed by atoms with E-state index >= 15 is 0 Å². The number of carbonyl (C=O) groups excluding carboxylic acids is 3. The third kappa shape index (κ3) is 2.48. The van der Waals surface area contributed by atoms with E-state index in [2.05, 4.69) is 5.32 Å². The smallest absolute Gasteiger partial charge is 0.247 e. The molecule has 6 heteroatoms. The van der Waals surface area contributed by atoms with Gasteiger partial charge in [0.15, 0.2) is 0 Å². The van der Waals surface area contributed by atoms with Crippen molar-refractivity contribution >= 4 is 35.0 Å². The van der Waals surface area contributed by atoms with Crippen LogP contribution in [0, 0.1) is 30.6 Å².